The molecule has 0 aliphatic rings. The van der Waals surface area contributed by atoms with Crippen molar-refractivity contribution in [3.63, 3.8) is 0 Å². The summed E-state index contributed by atoms with van der Waals surface area (Å²) in [6, 6.07) is 5.75. The van der Waals surface area contributed by atoms with E-state index in [-0.39, 0.29) is 21.6 Å². The van der Waals surface area contributed by atoms with Gasteiger partial charge >= 0.3 is 0 Å². The van der Waals surface area contributed by atoms with E-state index in [0.717, 1.165) is 18.2 Å². The van der Waals surface area contributed by atoms with Gasteiger partial charge in [-0.1, -0.05) is 11.2 Å². The van der Waals surface area contributed by atoms with Crippen LogP contribution < -0.4 is 10.5 Å². The van der Waals surface area contributed by atoms with Crippen LogP contribution in [0.2, 0.25) is 0 Å². The maximum absolute atomic E-state index is 14.1. The second kappa shape index (κ2) is 6.04. The number of hydrogen-bond acceptors (Lipinski definition) is 3. The van der Waals surface area contributed by atoms with Crippen LogP contribution in [-0.4, -0.2) is 11.0 Å². The summed E-state index contributed by atoms with van der Waals surface area (Å²) in [6.07, 6.45) is 0. The maximum Gasteiger partial charge on any atom is 0.201 e. The first-order valence-corrected chi connectivity index (χ1v) is 6.32. The highest BCUT2D eigenvalue weighted by Gasteiger charge is 2.17. The second-order valence-electron chi connectivity index (χ2n) is 3.88. The Kier molecular flexibility index (Phi) is 4.37. The van der Waals surface area contributed by atoms with E-state index in [4.69, 9.17) is 15.7 Å². The lowest BCUT2D eigenvalue weighted by molar-refractivity contribution is 0.318. The van der Waals surface area contributed by atoms with Crippen molar-refractivity contribution in [1.29, 1.82) is 0 Å². The highest BCUT2D eigenvalue weighted by Crippen LogP contribution is 2.33. The molecule has 0 spiro atoms. The number of rotatable bonds is 3. The minimum absolute atomic E-state index is 0.0852. The summed E-state index contributed by atoms with van der Waals surface area (Å²) in [5.41, 5.74) is 5.45. The summed E-state index contributed by atoms with van der Waals surface area (Å²) in [5.74, 6) is -4.36. The van der Waals surface area contributed by atoms with Gasteiger partial charge in [0.05, 0.1) is 4.47 Å². The van der Waals surface area contributed by atoms with Crippen LogP contribution in [0.25, 0.3) is 0 Å². The highest BCUT2D eigenvalue weighted by atomic mass is 79.9. The first-order valence-electron chi connectivity index (χ1n) is 5.53. The van der Waals surface area contributed by atoms with Crippen molar-refractivity contribution in [3.05, 3.63) is 57.8 Å². The van der Waals surface area contributed by atoms with Gasteiger partial charge < -0.3 is 15.7 Å². The van der Waals surface area contributed by atoms with Crippen LogP contribution in [0, 0.1) is 17.5 Å². The summed E-state index contributed by atoms with van der Waals surface area (Å²) in [6.45, 7) is 0. The van der Waals surface area contributed by atoms with Crippen LogP contribution >= 0.6 is 15.9 Å². The van der Waals surface area contributed by atoms with E-state index >= 15 is 0 Å². The van der Waals surface area contributed by atoms with E-state index in [2.05, 4.69) is 21.1 Å². The van der Waals surface area contributed by atoms with Gasteiger partial charge in [0.25, 0.3) is 0 Å². The van der Waals surface area contributed by atoms with Gasteiger partial charge in [-0.3, -0.25) is 0 Å². The molecule has 0 saturated carbocycles. The molecule has 2 aromatic carbocycles. The first kappa shape index (κ1) is 15.2. The lowest BCUT2D eigenvalue weighted by atomic mass is 10.2. The van der Waals surface area contributed by atoms with Gasteiger partial charge in [-0.15, -0.1) is 0 Å². The van der Waals surface area contributed by atoms with Crippen LogP contribution in [-0.2, 0) is 0 Å². The molecule has 21 heavy (non-hydrogen) atoms. The SMILES string of the molecule is N/C(=N/O)c1ccc(Oc2cccc(F)c2F)c(F)c1Br. The average Bonchev–Trinajstić information content (AvgIpc) is 2.48. The lowest BCUT2D eigenvalue weighted by Crippen LogP contribution is -2.14. The molecule has 2 aromatic rings. The number of ether oxygens (including phenoxy) is 1. The van der Waals surface area contributed by atoms with Crippen molar-refractivity contribution in [3.8, 4) is 11.5 Å². The van der Waals surface area contributed by atoms with Crippen LogP contribution in [0.1, 0.15) is 5.56 Å². The van der Waals surface area contributed by atoms with Gasteiger partial charge in [-0.25, -0.2) is 8.78 Å². The molecule has 0 unspecified atom stereocenters. The van der Waals surface area contributed by atoms with Gasteiger partial charge in [0.1, 0.15) is 0 Å². The van der Waals surface area contributed by atoms with E-state index in [1.54, 1.807) is 0 Å². The van der Waals surface area contributed by atoms with Crippen molar-refractivity contribution < 1.29 is 23.1 Å². The minimum Gasteiger partial charge on any atom is -0.451 e. The largest absolute Gasteiger partial charge is 0.451 e. The third-order valence-corrected chi connectivity index (χ3v) is 3.34. The Morgan fingerprint density at radius 1 is 1.10 bits per heavy atom. The van der Waals surface area contributed by atoms with E-state index in [9.17, 15) is 13.2 Å². The number of hydrogen-bond donors (Lipinski definition) is 2. The van der Waals surface area contributed by atoms with Gasteiger partial charge in [0.2, 0.25) is 5.82 Å². The highest BCUT2D eigenvalue weighted by molar-refractivity contribution is 9.10. The Hall–Kier alpha value is -2.22. The Balaban J connectivity index is 2.43. The average molecular weight is 361 g/mol. The molecule has 0 aliphatic heterocycles. The monoisotopic (exact) mass is 360 g/mol. The Bertz CT molecular complexity index is 723. The number of oxime groups is 1. The molecule has 3 N–H and O–H groups in total. The van der Waals surface area contributed by atoms with E-state index in [1.807, 2.05) is 0 Å². The van der Waals surface area contributed by atoms with Crippen LogP contribution in [0.5, 0.6) is 11.5 Å². The van der Waals surface area contributed by atoms with Crippen molar-refractivity contribution >= 4 is 21.8 Å². The number of nitrogens with zero attached hydrogens (tertiary/aromatic N) is 1. The zero-order valence-electron chi connectivity index (χ0n) is 10.3. The lowest BCUT2D eigenvalue weighted by Gasteiger charge is -2.11. The second-order valence-corrected chi connectivity index (χ2v) is 4.67. The molecule has 0 amide bonds. The molecule has 2 rings (SSSR count). The van der Waals surface area contributed by atoms with Gasteiger partial charge in [-0.2, -0.15) is 4.39 Å². The molecule has 110 valence electrons. The van der Waals surface area contributed by atoms with Gasteiger partial charge in [0.15, 0.2) is 29.0 Å². The summed E-state index contributed by atoms with van der Waals surface area (Å²) in [7, 11) is 0. The standard InChI is InChI=1S/C13H8BrF3N2O2/c14-10-6(13(18)19-20)4-5-9(12(10)17)21-8-3-1-2-7(15)11(8)16/h1-5,20H,(H2,18,19). The Morgan fingerprint density at radius 3 is 2.43 bits per heavy atom. The molecule has 0 heterocycles. The van der Waals surface area contributed by atoms with Crippen molar-refractivity contribution in [2.24, 2.45) is 10.9 Å². The molecule has 8 heteroatoms. The number of benzene rings is 2. The first-order chi connectivity index (χ1) is 9.95. The molecule has 0 aromatic heterocycles. The fourth-order valence-electron chi connectivity index (χ4n) is 1.54. The molecule has 0 radical (unpaired) electrons. The third-order valence-electron chi connectivity index (χ3n) is 2.57. The zero-order valence-corrected chi connectivity index (χ0v) is 11.9. The summed E-state index contributed by atoms with van der Waals surface area (Å²) in [4.78, 5) is 0. The van der Waals surface area contributed by atoms with E-state index < -0.39 is 23.2 Å². The molecule has 4 nitrogen and oxygen atoms in total. The molecular weight excluding hydrogens is 353 g/mol. The molecule has 0 fully saturated rings. The quantitative estimate of drug-likeness (QED) is 0.379. The van der Waals surface area contributed by atoms with E-state index in [1.165, 1.54) is 12.1 Å². The van der Waals surface area contributed by atoms with Gasteiger partial charge in [-0.05, 0) is 40.2 Å². The van der Waals surface area contributed by atoms with Crippen molar-refractivity contribution in [2.75, 3.05) is 0 Å². The Morgan fingerprint density at radius 2 is 1.76 bits per heavy atom. The predicted octanol–water partition coefficient (Wildman–Crippen LogP) is 3.75. The third kappa shape index (κ3) is 2.94. The number of halogens is 4. The van der Waals surface area contributed by atoms with Crippen molar-refractivity contribution in [2.45, 2.75) is 0 Å². The number of amidine groups is 1. The van der Waals surface area contributed by atoms with Crippen molar-refractivity contribution in [1.82, 2.24) is 0 Å². The fraction of sp³-hybridized carbons (Fsp3) is 0. The zero-order chi connectivity index (χ0) is 15.6. The van der Waals surface area contributed by atoms with Crippen LogP contribution in [0.4, 0.5) is 13.2 Å². The predicted molar refractivity (Wildman–Crippen MR) is 73.0 cm³/mol. The fourth-order valence-corrected chi connectivity index (χ4v) is 2.07. The maximum atomic E-state index is 14.1. The Labute approximate surface area is 125 Å². The molecule has 0 atom stereocenters. The molecule has 0 saturated heterocycles. The van der Waals surface area contributed by atoms with Crippen LogP contribution in [0.3, 0.4) is 0 Å². The molecule has 0 aliphatic carbocycles. The van der Waals surface area contributed by atoms with Gasteiger partial charge in [0, 0.05) is 5.56 Å². The number of nitrogens with two attached hydrogens (primary N) is 1. The smallest absolute Gasteiger partial charge is 0.201 e. The summed E-state index contributed by atoms with van der Waals surface area (Å²) < 4.78 is 45.5. The normalized spacial score (nSPS) is 11.5. The minimum atomic E-state index is -1.23. The summed E-state index contributed by atoms with van der Waals surface area (Å²) in [5, 5.41) is 11.3. The topological polar surface area (TPSA) is 67.8 Å². The summed E-state index contributed by atoms with van der Waals surface area (Å²) >= 11 is 2.92. The molecule has 0 bridgehead atoms. The van der Waals surface area contributed by atoms with E-state index in [0.29, 0.717) is 0 Å². The molecular formula is C13H8BrF3N2O2. The van der Waals surface area contributed by atoms with Crippen LogP contribution in [0.15, 0.2) is 40.0 Å².